The van der Waals surface area contributed by atoms with Crippen LogP contribution in [0.1, 0.15) is 49.0 Å². The molecule has 0 aromatic heterocycles. The number of hydrogen-bond acceptors (Lipinski definition) is 3. The Morgan fingerprint density at radius 2 is 1.91 bits per heavy atom. The van der Waals surface area contributed by atoms with E-state index in [1.165, 1.54) is 12.1 Å². The summed E-state index contributed by atoms with van der Waals surface area (Å²) in [7, 11) is 0. The third-order valence-electron chi connectivity index (χ3n) is 3.68. The van der Waals surface area contributed by atoms with Crippen molar-refractivity contribution >= 4 is 5.78 Å². The van der Waals surface area contributed by atoms with Gasteiger partial charge in [-0.3, -0.25) is 4.79 Å². The van der Waals surface area contributed by atoms with Crippen molar-refractivity contribution in [3.8, 4) is 0 Å². The highest BCUT2D eigenvalue weighted by Gasteiger charge is 2.31. The van der Waals surface area contributed by atoms with Gasteiger partial charge in [-0.25, -0.2) is 0 Å². The van der Waals surface area contributed by atoms with Crippen LogP contribution in [0.4, 0.5) is 13.2 Å². The minimum atomic E-state index is -4.44. The van der Waals surface area contributed by atoms with Crippen molar-refractivity contribution in [2.24, 2.45) is 5.41 Å². The highest BCUT2D eigenvalue weighted by molar-refractivity contribution is 5.96. The number of carbonyl (C=O) groups is 1. The number of carbonyl (C=O) groups excluding carboxylic acids is 1. The largest absolute Gasteiger partial charge is 0.416 e. The van der Waals surface area contributed by atoms with Gasteiger partial charge in [0.1, 0.15) is 0 Å². The summed E-state index contributed by atoms with van der Waals surface area (Å²) in [5.41, 5.74) is -0.722. The summed E-state index contributed by atoms with van der Waals surface area (Å²) in [6.07, 6.45) is -3.53. The second-order valence-electron chi connectivity index (χ2n) is 6.61. The van der Waals surface area contributed by atoms with E-state index < -0.39 is 11.7 Å². The van der Waals surface area contributed by atoms with Crippen molar-refractivity contribution in [3.05, 3.63) is 35.4 Å². The van der Waals surface area contributed by atoms with Crippen molar-refractivity contribution in [1.82, 2.24) is 0 Å². The van der Waals surface area contributed by atoms with Gasteiger partial charge in [0.25, 0.3) is 0 Å². The molecule has 1 aliphatic heterocycles. The first-order chi connectivity index (χ1) is 10.7. The van der Waals surface area contributed by atoms with Crippen molar-refractivity contribution < 1.29 is 27.4 Å². The molecule has 1 saturated heterocycles. The molecule has 1 aliphatic rings. The van der Waals surface area contributed by atoms with Crippen LogP contribution in [0.25, 0.3) is 0 Å². The van der Waals surface area contributed by atoms with E-state index in [1.807, 2.05) is 13.8 Å². The summed E-state index contributed by atoms with van der Waals surface area (Å²) in [4.78, 5) is 12.0. The molecule has 0 N–H and O–H groups in total. The van der Waals surface area contributed by atoms with Crippen LogP contribution < -0.4 is 0 Å². The fourth-order valence-electron chi connectivity index (χ4n) is 2.34. The van der Waals surface area contributed by atoms with Crippen LogP contribution in [0.5, 0.6) is 0 Å². The molecule has 128 valence electrons. The number of hydrogen-bond donors (Lipinski definition) is 0. The number of halogens is 3. The minimum Gasteiger partial charge on any atom is -0.352 e. The van der Waals surface area contributed by atoms with E-state index in [0.29, 0.717) is 26.1 Å². The lowest BCUT2D eigenvalue weighted by atomic mass is 9.95. The van der Waals surface area contributed by atoms with Gasteiger partial charge in [0, 0.05) is 17.4 Å². The molecule has 1 fully saturated rings. The Morgan fingerprint density at radius 3 is 2.52 bits per heavy atom. The molecule has 0 amide bonds. The third kappa shape index (κ3) is 5.32. The summed E-state index contributed by atoms with van der Waals surface area (Å²) in [6.45, 7) is 5.28. The predicted octanol–water partition coefficient (Wildman–Crippen LogP) is 4.46. The summed E-state index contributed by atoms with van der Waals surface area (Å²) < 4.78 is 49.1. The van der Waals surface area contributed by atoms with Crippen molar-refractivity contribution in [2.45, 2.75) is 45.6 Å². The van der Waals surface area contributed by atoms with Gasteiger partial charge in [-0.2, -0.15) is 13.2 Å². The van der Waals surface area contributed by atoms with Crippen molar-refractivity contribution in [1.29, 1.82) is 0 Å². The predicted molar refractivity (Wildman–Crippen MR) is 79.1 cm³/mol. The van der Waals surface area contributed by atoms with Gasteiger partial charge >= 0.3 is 6.18 Å². The molecule has 0 unspecified atom stereocenters. The second kappa shape index (κ2) is 7.01. The average Bonchev–Trinajstić information content (AvgIpc) is 2.48. The summed E-state index contributed by atoms with van der Waals surface area (Å²) in [5.74, 6) is -0.299. The van der Waals surface area contributed by atoms with Crippen LogP contribution in [0.2, 0.25) is 0 Å². The van der Waals surface area contributed by atoms with E-state index in [9.17, 15) is 18.0 Å². The molecule has 0 aliphatic carbocycles. The van der Waals surface area contributed by atoms with Gasteiger partial charge in [0.05, 0.1) is 18.8 Å². The number of alkyl halides is 3. The van der Waals surface area contributed by atoms with Gasteiger partial charge < -0.3 is 9.47 Å². The Hall–Kier alpha value is -1.40. The average molecular weight is 330 g/mol. The highest BCUT2D eigenvalue weighted by atomic mass is 19.4. The van der Waals surface area contributed by atoms with E-state index >= 15 is 0 Å². The SMILES string of the molecule is CC1(C)COC(CCCC(=O)c2cccc(C(F)(F)F)c2)OC1. The Kier molecular flexibility index (Phi) is 5.47. The third-order valence-corrected chi connectivity index (χ3v) is 3.68. The lowest BCUT2D eigenvalue weighted by molar-refractivity contribution is -0.223. The Balaban J connectivity index is 1.82. The molecule has 0 radical (unpaired) electrons. The molecule has 6 heteroatoms. The molecule has 1 aromatic carbocycles. The second-order valence-corrected chi connectivity index (χ2v) is 6.61. The molecule has 1 heterocycles. The van der Waals surface area contributed by atoms with Gasteiger partial charge in [-0.1, -0.05) is 26.0 Å². The maximum atomic E-state index is 12.6. The first-order valence-corrected chi connectivity index (χ1v) is 7.61. The molecule has 0 saturated carbocycles. The molecule has 0 spiro atoms. The smallest absolute Gasteiger partial charge is 0.352 e. The summed E-state index contributed by atoms with van der Waals surface area (Å²) >= 11 is 0. The van der Waals surface area contributed by atoms with Gasteiger partial charge in [-0.15, -0.1) is 0 Å². The standard InChI is InChI=1S/C17H21F3O3/c1-16(2)10-22-15(23-11-16)8-4-7-14(21)12-5-3-6-13(9-12)17(18,19)20/h3,5-6,9,15H,4,7-8,10-11H2,1-2H3. The fourth-order valence-corrected chi connectivity index (χ4v) is 2.34. The van der Waals surface area contributed by atoms with Gasteiger partial charge in [0.15, 0.2) is 12.1 Å². The van der Waals surface area contributed by atoms with Gasteiger partial charge in [0.2, 0.25) is 0 Å². The first-order valence-electron chi connectivity index (χ1n) is 7.61. The number of Topliss-reactive ketones (excluding diaryl/α,β-unsaturated/α-hetero) is 1. The maximum Gasteiger partial charge on any atom is 0.416 e. The quantitative estimate of drug-likeness (QED) is 0.748. The topological polar surface area (TPSA) is 35.5 Å². The monoisotopic (exact) mass is 330 g/mol. The molecular formula is C17H21F3O3. The first kappa shape index (κ1) is 17.9. The Bertz CT molecular complexity index is 542. The van der Waals surface area contributed by atoms with Crippen LogP contribution in [0.3, 0.4) is 0 Å². The fraction of sp³-hybridized carbons (Fsp3) is 0.588. The van der Waals surface area contributed by atoms with E-state index in [-0.39, 0.29) is 29.5 Å². The van der Waals surface area contributed by atoms with Crippen molar-refractivity contribution in [3.63, 3.8) is 0 Å². The number of ether oxygens (including phenoxy) is 2. The van der Waals surface area contributed by atoms with Gasteiger partial charge in [-0.05, 0) is 25.0 Å². The Labute approximate surface area is 133 Å². The molecule has 23 heavy (non-hydrogen) atoms. The zero-order valence-corrected chi connectivity index (χ0v) is 13.3. The van der Waals surface area contributed by atoms with Crippen LogP contribution in [-0.4, -0.2) is 25.3 Å². The van der Waals surface area contributed by atoms with Crippen molar-refractivity contribution in [2.75, 3.05) is 13.2 Å². The minimum absolute atomic E-state index is 0.00957. The normalized spacial score (nSPS) is 18.8. The van der Waals surface area contributed by atoms with Crippen LogP contribution in [0.15, 0.2) is 24.3 Å². The number of rotatable bonds is 5. The van der Waals surface area contributed by atoms with E-state index in [2.05, 4.69) is 0 Å². The maximum absolute atomic E-state index is 12.6. The lowest BCUT2D eigenvalue weighted by Gasteiger charge is -2.34. The van der Waals surface area contributed by atoms with E-state index in [0.717, 1.165) is 12.1 Å². The van der Waals surface area contributed by atoms with E-state index in [1.54, 1.807) is 0 Å². The van der Waals surface area contributed by atoms with Crippen LogP contribution in [0, 0.1) is 5.41 Å². The zero-order chi connectivity index (χ0) is 17.1. The van der Waals surface area contributed by atoms with Crippen LogP contribution >= 0.6 is 0 Å². The van der Waals surface area contributed by atoms with Crippen LogP contribution in [-0.2, 0) is 15.7 Å². The van der Waals surface area contributed by atoms with E-state index in [4.69, 9.17) is 9.47 Å². The molecule has 0 atom stereocenters. The molecule has 0 bridgehead atoms. The summed E-state index contributed by atoms with van der Waals surface area (Å²) in [6, 6.07) is 4.53. The Morgan fingerprint density at radius 1 is 1.26 bits per heavy atom. The zero-order valence-electron chi connectivity index (χ0n) is 13.3. The molecule has 1 aromatic rings. The molecule has 3 nitrogen and oxygen atoms in total. The molecule has 2 rings (SSSR count). The highest BCUT2D eigenvalue weighted by Crippen LogP contribution is 2.30. The summed E-state index contributed by atoms with van der Waals surface area (Å²) in [5, 5.41) is 0. The number of benzene rings is 1. The molecular weight excluding hydrogens is 309 g/mol. The number of ketones is 1. The lowest BCUT2D eigenvalue weighted by Crippen LogP contribution is -2.37.